The number of hydrogen-bond acceptors (Lipinski definition) is 5. The maximum absolute atomic E-state index is 12.8. The predicted molar refractivity (Wildman–Crippen MR) is 138 cm³/mol. The van der Waals surface area contributed by atoms with E-state index in [2.05, 4.69) is 62.4 Å². The Hall–Kier alpha value is -3.37. The van der Waals surface area contributed by atoms with Gasteiger partial charge in [-0.15, -0.1) is 0 Å². The number of aryl methyl sites for hydroxylation is 1. The highest BCUT2D eigenvalue weighted by Gasteiger charge is 2.23. The van der Waals surface area contributed by atoms with Gasteiger partial charge in [-0.3, -0.25) is 0 Å². The van der Waals surface area contributed by atoms with Crippen LogP contribution in [0.4, 0.5) is 21.9 Å². The van der Waals surface area contributed by atoms with Crippen LogP contribution in [0.2, 0.25) is 0 Å². The monoisotopic (exact) mass is 544 g/mol. The molecule has 0 unspecified atom stereocenters. The second kappa shape index (κ2) is 12.4. The van der Waals surface area contributed by atoms with Gasteiger partial charge in [0.2, 0.25) is 0 Å². The van der Waals surface area contributed by atoms with E-state index in [1.165, 1.54) is 11.3 Å². The number of rotatable bonds is 4. The maximum Gasteiger partial charge on any atom is 0.328 e. The van der Waals surface area contributed by atoms with Crippen LogP contribution in [0.15, 0.2) is 59.1 Å². The molecule has 35 heavy (non-hydrogen) atoms. The average molecular weight is 545 g/mol. The smallest absolute Gasteiger partial charge is 0.328 e. The summed E-state index contributed by atoms with van der Waals surface area (Å²) in [6, 6.07) is 14.5. The second-order valence-electron chi connectivity index (χ2n) is 8.28. The van der Waals surface area contributed by atoms with Crippen LogP contribution < -0.4 is 10.2 Å². The summed E-state index contributed by atoms with van der Waals surface area (Å²) in [6.07, 6.45) is 3.30. The molecule has 1 saturated heterocycles. The van der Waals surface area contributed by atoms with E-state index in [0.29, 0.717) is 12.2 Å². The van der Waals surface area contributed by atoms with E-state index < -0.39 is 11.9 Å². The van der Waals surface area contributed by atoms with Crippen LogP contribution in [0.3, 0.4) is 0 Å². The van der Waals surface area contributed by atoms with Gasteiger partial charge < -0.3 is 30.2 Å². The average Bonchev–Trinajstić information content (AvgIpc) is 2.83. The number of fused-ring (bicyclic) bond motifs is 1. The number of aliphatic carboxylic acids is 2. The molecule has 0 bridgehead atoms. The summed E-state index contributed by atoms with van der Waals surface area (Å²) >= 11 is 3.58. The largest absolute Gasteiger partial charge is 0.478 e. The Morgan fingerprint density at radius 1 is 0.914 bits per heavy atom. The fourth-order valence-corrected chi connectivity index (χ4v) is 4.39. The van der Waals surface area contributed by atoms with Crippen LogP contribution in [-0.2, 0) is 16.0 Å². The van der Waals surface area contributed by atoms with Gasteiger partial charge in [-0.25, -0.2) is 14.4 Å². The Morgan fingerprint density at radius 2 is 1.57 bits per heavy atom. The van der Waals surface area contributed by atoms with Gasteiger partial charge >= 0.3 is 18.0 Å². The molecule has 0 saturated carbocycles. The van der Waals surface area contributed by atoms with Gasteiger partial charge in [0.15, 0.2) is 0 Å². The van der Waals surface area contributed by atoms with Gasteiger partial charge in [0, 0.05) is 55.0 Å². The zero-order valence-corrected chi connectivity index (χ0v) is 21.1. The lowest BCUT2D eigenvalue weighted by Crippen LogP contribution is -2.48. The maximum atomic E-state index is 12.8. The van der Waals surface area contributed by atoms with E-state index in [1.807, 2.05) is 23.1 Å². The van der Waals surface area contributed by atoms with E-state index in [1.54, 1.807) is 0 Å². The quantitative estimate of drug-likeness (QED) is 0.498. The number of nitrogens with one attached hydrogen (secondary N) is 1. The van der Waals surface area contributed by atoms with Gasteiger partial charge in [0.05, 0.1) is 11.4 Å². The summed E-state index contributed by atoms with van der Waals surface area (Å²) in [5.41, 5.74) is 4.50. The number of benzene rings is 2. The van der Waals surface area contributed by atoms with Crippen LogP contribution >= 0.6 is 15.9 Å². The molecule has 0 atom stereocenters. The summed E-state index contributed by atoms with van der Waals surface area (Å²) in [6.45, 7) is 4.33. The number of para-hydroxylation sites is 2. The third kappa shape index (κ3) is 7.56. The molecular weight excluding hydrogens is 516 g/mol. The Kier molecular flexibility index (Phi) is 9.27. The normalized spacial score (nSPS) is 15.7. The minimum atomic E-state index is -1.26. The molecule has 2 heterocycles. The lowest BCUT2D eigenvalue weighted by molar-refractivity contribution is -0.134. The zero-order chi connectivity index (χ0) is 25.4. The molecule has 2 aromatic carbocycles. The highest BCUT2D eigenvalue weighted by Crippen LogP contribution is 2.38. The number of halogens is 1. The number of carboxylic acids is 2. The summed E-state index contributed by atoms with van der Waals surface area (Å²) in [5.74, 6) is -2.51. The van der Waals surface area contributed by atoms with Crippen molar-refractivity contribution in [2.24, 2.45) is 0 Å². The molecule has 0 aliphatic carbocycles. The number of carbonyl (C=O) groups excluding carboxylic acids is 1. The van der Waals surface area contributed by atoms with E-state index in [0.717, 1.165) is 61.4 Å². The predicted octanol–water partition coefficient (Wildman–Crippen LogP) is 4.02. The van der Waals surface area contributed by atoms with Gasteiger partial charge in [-0.1, -0.05) is 28.1 Å². The van der Waals surface area contributed by atoms with Gasteiger partial charge in [0.1, 0.15) is 0 Å². The topological polar surface area (TPSA) is 113 Å². The number of anilines is 3. The molecule has 2 amide bonds. The summed E-state index contributed by atoms with van der Waals surface area (Å²) in [5, 5.41) is 18.8. The fraction of sp³-hybridized carbons (Fsp3) is 0.320. The first-order valence-corrected chi connectivity index (χ1v) is 12.1. The van der Waals surface area contributed by atoms with E-state index >= 15 is 0 Å². The minimum Gasteiger partial charge on any atom is -0.478 e. The van der Waals surface area contributed by atoms with Crippen molar-refractivity contribution in [3.05, 3.63) is 64.7 Å². The van der Waals surface area contributed by atoms with Crippen LogP contribution in [0.5, 0.6) is 0 Å². The van der Waals surface area contributed by atoms with E-state index in [9.17, 15) is 14.4 Å². The van der Waals surface area contributed by atoms with Crippen molar-refractivity contribution >= 4 is 51.0 Å². The first kappa shape index (κ1) is 26.2. The highest BCUT2D eigenvalue weighted by molar-refractivity contribution is 9.10. The van der Waals surface area contributed by atoms with Crippen LogP contribution in [0.1, 0.15) is 12.0 Å². The molecule has 10 heteroatoms. The molecule has 0 aromatic heterocycles. The number of carbonyl (C=O) groups is 3. The summed E-state index contributed by atoms with van der Waals surface area (Å²) < 4.78 is 1.11. The van der Waals surface area contributed by atoms with Crippen LogP contribution in [0.25, 0.3) is 0 Å². The number of piperazine rings is 1. The lowest BCUT2D eigenvalue weighted by Gasteiger charge is -2.34. The van der Waals surface area contributed by atoms with E-state index in [-0.39, 0.29) is 6.03 Å². The van der Waals surface area contributed by atoms with Crippen molar-refractivity contribution in [1.29, 1.82) is 0 Å². The summed E-state index contributed by atoms with van der Waals surface area (Å²) in [4.78, 5) is 38.4. The number of carboxylic acid groups (broad SMARTS) is 2. The van der Waals surface area contributed by atoms with Crippen molar-refractivity contribution in [3.8, 4) is 0 Å². The molecule has 1 fully saturated rings. The second-order valence-corrected chi connectivity index (χ2v) is 9.19. The SMILES string of the molecule is CN1CCN(C(=O)Nc2ccccc2N2CCCc3cc(Br)ccc32)CC1.O=C(O)C=CC(=O)O. The molecule has 3 N–H and O–H groups in total. The first-order chi connectivity index (χ1) is 16.7. The number of amides is 2. The molecule has 2 aromatic rings. The van der Waals surface area contributed by atoms with Gasteiger partial charge in [-0.2, -0.15) is 0 Å². The molecule has 2 aliphatic rings. The number of likely N-dealkylation sites (N-methyl/N-ethyl adjacent to an activating group) is 1. The molecule has 2 aliphatic heterocycles. The van der Waals surface area contributed by atoms with Crippen molar-refractivity contribution in [1.82, 2.24) is 9.80 Å². The fourth-order valence-electron chi connectivity index (χ4n) is 3.98. The third-order valence-electron chi connectivity index (χ3n) is 5.76. The molecule has 9 nitrogen and oxygen atoms in total. The lowest BCUT2D eigenvalue weighted by atomic mass is 10.0. The number of hydrogen-bond donors (Lipinski definition) is 3. The van der Waals surface area contributed by atoms with Gasteiger partial charge in [-0.05, 0) is 55.8 Å². The number of nitrogens with zero attached hydrogens (tertiary/aromatic N) is 3. The van der Waals surface area contributed by atoms with Crippen molar-refractivity contribution in [2.75, 3.05) is 50.0 Å². The molecule has 0 spiro atoms. The Morgan fingerprint density at radius 3 is 2.23 bits per heavy atom. The molecule has 0 radical (unpaired) electrons. The standard InChI is InChI=1S/C21H25BrN4O.C4H4O4/c1-24-11-13-25(14-12-24)21(27)23-18-6-2-3-7-20(18)26-10-4-5-16-15-17(22)8-9-19(16)26;5-3(6)1-2-4(7)8/h2-3,6-9,15H,4-5,10-14H2,1H3,(H,23,27);1-2H,(H,5,6)(H,7,8). The van der Waals surface area contributed by atoms with Crippen LogP contribution in [-0.4, -0.2) is 77.8 Å². The molecular formula is C25H29BrN4O5. The van der Waals surface area contributed by atoms with Crippen molar-refractivity contribution < 1.29 is 24.6 Å². The third-order valence-corrected chi connectivity index (χ3v) is 6.25. The van der Waals surface area contributed by atoms with Crippen LogP contribution in [0, 0.1) is 0 Å². The van der Waals surface area contributed by atoms with Crippen molar-refractivity contribution in [3.63, 3.8) is 0 Å². The Labute approximate surface area is 212 Å². The number of urea groups is 1. The van der Waals surface area contributed by atoms with E-state index in [4.69, 9.17) is 10.2 Å². The zero-order valence-electron chi connectivity index (χ0n) is 19.5. The Balaban J connectivity index is 0.000000371. The molecule has 186 valence electrons. The first-order valence-electron chi connectivity index (χ1n) is 11.3. The van der Waals surface area contributed by atoms with Gasteiger partial charge in [0.25, 0.3) is 0 Å². The molecule has 4 rings (SSSR count). The summed E-state index contributed by atoms with van der Waals surface area (Å²) in [7, 11) is 2.09. The minimum absolute atomic E-state index is 0.0106. The highest BCUT2D eigenvalue weighted by atomic mass is 79.9. The van der Waals surface area contributed by atoms with Crippen molar-refractivity contribution in [2.45, 2.75) is 12.8 Å². The Bertz CT molecular complexity index is 1080.